The Morgan fingerprint density at radius 3 is 2.83 bits per heavy atom. The van der Waals surface area contributed by atoms with Crippen molar-refractivity contribution in [2.75, 3.05) is 5.32 Å². The molecule has 0 spiro atoms. The second kappa shape index (κ2) is 6.71. The van der Waals surface area contributed by atoms with Crippen molar-refractivity contribution in [2.45, 2.75) is 19.4 Å². The van der Waals surface area contributed by atoms with Gasteiger partial charge in [0.05, 0.1) is 11.1 Å². The topological polar surface area (TPSA) is 102 Å². The van der Waals surface area contributed by atoms with E-state index in [1.807, 2.05) is 6.07 Å². The van der Waals surface area contributed by atoms with Gasteiger partial charge >= 0.3 is 11.7 Å². The molecule has 1 aromatic carbocycles. The number of carboxylic acid groups (broad SMARTS) is 1. The molecule has 0 radical (unpaired) electrons. The summed E-state index contributed by atoms with van der Waals surface area (Å²) in [5, 5.41) is 13.5. The molecule has 24 heavy (non-hydrogen) atoms. The minimum Gasteiger partial charge on any atom is -0.478 e. The number of carbonyl (C=O) groups is 2. The van der Waals surface area contributed by atoms with Crippen molar-refractivity contribution in [3.05, 3.63) is 51.8 Å². The lowest BCUT2D eigenvalue weighted by atomic mass is 10.2. The summed E-state index contributed by atoms with van der Waals surface area (Å²) in [6, 6.07) is 8.53. The number of nitrogens with zero attached hydrogens (tertiary/aromatic N) is 1. The third kappa shape index (κ3) is 3.23. The van der Waals surface area contributed by atoms with Crippen molar-refractivity contribution in [3.63, 3.8) is 0 Å². The zero-order valence-electron chi connectivity index (χ0n) is 12.5. The lowest BCUT2D eigenvalue weighted by Crippen LogP contribution is -2.17. The van der Waals surface area contributed by atoms with Gasteiger partial charge in [-0.25, -0.2) is 9.59 Å². The molecule has 124 valence electrons. The predicted octanol–water partition coefficient (Wildman–Crippen LogP) is 2.77. The molecule has 0 bridgehead atoms. The van der Waals surface area contributed by atoms with Gasteiger partial charge in [-0.1, -0.05) is 12.1 Å². The van der Waals surface area contributed by atoms with Crippen molar-refractivity contribution in [1.82, 2.24) is 4.57 Å². The van der Waals surface area contributed by atoms with Crippen LogP contribution in [0.3, 0.4) is 0 Å². The maximum Gasteiger partial charge on any atom is 0.419 e. The van der Waals surface area contributed by atoms with Crippen LogP contribution in [0.25, 0.3) is 11.1 Å². The first-order chi connectivity index (χ1) is 11.6. The molecule has 2 heterocycles. The zero-order valence-corrected chi connectivity index (χ0v) is 13.3. The standard InChI is InChI=1S/C16H14N2O5S/c19-13(17-14-10(15(20)21)7-9-24-14)6-3-8-18-11-4-1-2-5-12(11)23-16(18)22/h1-2,4-5,7,9H,3,6,8H2,(H,17,19)(H,20,21). The zero-order chi connectivity index (χ0) is 17.1. The molecule has 0 fully saturated rings. The van der Waals surface area contributed by atoms with Gasteiger partial charge in [-0.05, 0) is 30.0 Å². The number of oxazole rings is 1. The van der Waals surface area contributed by atoms with Gasteiger partial charge in [0.25, 0.3) is 0 Å². The molecule has 3 aromatic rings. The second-order valence-electron chi connectivity index (χ2n) is 5.11. The first-order valence-electron chi connectivity index (χ1n) is 7.25. The maximum atomic E-state index is 12.0. The van der Waals surface area contributed by atoms with Gasteiger partial charge in [0.15, 0.2) is 5.58 Å². The first kappa shape index (κ1) is 16.0. The van der Waals surface area contributed by atoms with Crippen molar-refractivity contribution in [3.8, 4) is 0 Å². The number of amides is 1. The fourth-order valence-corrected chi connectivity index (χ4v) is 3.18. The Morgan fingerprint density at radius 1 is 1.25 bits per heavy atom. The fraction of sp³-hybridized carbons (Fsp3) is 0.188. The molecule has 2 N–H and O–H groups in total. The van der Waals surface area contributed by atoms with E-state index >= 15 is 0 Å². The molecular weight excluding hydrogens is 332 g/mol. The highest BCUT2D eigenvalue weighted by molar-refractivity contribution is 7.14. The molecule has 7 nitrogen and oxygen atoms in total. The largest absolute Gasteiger partial charge is 0.478 e. The molecule has 0 aliphatic carbocycles. The summed E-state index contributed by atoms with van der Waals surface area (Å²) in [4.78, 5) is 34.8. The predicted molar refractivity (Wildman–Crippen MR) is 89.6 cm³/mol. The highest BCUT2D eigenvalue weighted by Crippen LogP contribution is 2.23. The number of carbonyl (C=O) groups excluding carboxylic acids is 1. The number of benzene rings is 1. The van der Waals surface area contributed by atoms with E-state index < -0.39 is 11.7 Å². The lowest BCUT2D eigenvalue weighted by molar-refractivity contribution is -0.116. The molecule has 0 aliphatic heterocycles. The molecule has 0 unspecified atom stereocenters. The number of hydrogen-bond acceptors (Lipinski definition) is 5. The Kier molecular flexibility index (Phi) is 4.48. The van der Waals surface area contributed by atoms with Crippen molar-refractivity contribution in [1.29, 1.82) is 0 Å². The highest BCUT2D eigenvalue weighted by Gasteiger charge is 2.14. The number of carboxylic acids is 1. The number of aryl methyl sites for hydroxylation is 1. The Hall–Kier alpha value is -2.87. The smallest absolute Gasteiger partial charge is 0.419 e. The third-order valence-corrected chi connectivity index (χ3v) is 4.34. The van der Waals surface area contributed by atoms with Crippen molar-refractivity contribution >= 4 is 39.3 Å². The van der Waals surface area contributed by atoms with Gasteiger partial charge in [-0.3, -0.25) is 9.36 Å². The third-order valence-electron chi connectivity index (χ3n) is 3.51. The van der Waals surface area contributed by atoms with Crippen LogP contribution in [-0.4, -0.2) is 21.6 Å². The molecule has 0 saturated heterocycles. The molecule has 0 atom stereocenters. The molecule has 8 heteroatoms. The Balaban J connectivity index is 1.61. The Morgan fingerprint density at radius 2 is 2.04 bits per heavy atom. The van der Waals surface area contributed by atoms with Gasteiger partial charge in [0.1, 0.15) is 5.00 Å². The van der Waals surface area contributed by atoms with E-state index in [4.69, 9.17) is 9.52 Å². The number of nitrogens with one attached hydrogen (secondary N) is 1. The molecular formula is C16H14N2O5S. The van der Waals surface area contributed by atoms with Crippen molar-refractivity contribution in [2.24, 2.45) is 0 Å². The van der Waals surface area contributed by atoms with Gasteiger partial charge < -0.3 is 14.8 Å². The van der Waals surface area contributed by atoms with Crippen LogP contribution in [0.5, 0.6) is 0 Å². The fourth-order valence-electron chi connectivity index (χ4n) is 2.39. The van der Waals surface area contributed by atoms with Crippen LogP contribution < -0.4 is 11.1 Å². The Labute approximate surface area is 140 Å². The quantitative estimate of drug-likeness (QED) is 0.714. The van der Waals surface area contributed by atoms with E-state index in [1.54, 1.807) is 23.6 Å². The van der Waals surface area contributed by atoms with E-state index in [0.29, 0.717) is 29.1 Å². The number of aromatic nitrogens is 1. The SMILES string of the molecule is O=C(CCCn1c(=O)oc2ccccc21)Nc1sccc1C(=O)O. The number of para-hydroxylation sites is 2. The highest BCUT2D eigenvalue weighted by atomic mass is 32.1. The number of rotatable bonds is 6. The van der Waals surface area contributed by atoms with Crippen LogP contribution in [0.1, 0.15) is 23.2 Å². The summed E-state index contributed by atoms with van der Waals surface area (Å²) in [5.74, 6) is -1.83. The summed E-state index contributed by atoms with van der Waals surface area (Å²) in [7, 11) is 0. The summed E-state index contributed by atoms with van der Waals surface area (Å²) >= 11 is 1.16. The number of thiophene rings is 1. The van der Waals surface area contributed by atoms with Crippen LogP contribution in [-0.2, 0) is 11.3 Å². The van der Waals surface area contributed by atoms with E-state index in [9.17, 15) is 14.4 Å². The molecule has 1 amide bonds. The average Bonchev–Trinajstić information content (AvgIpc) is 3.12. The summed E-state index contributed by atoms with van der Waals surface area (Å²) < 4.78 is 6.61. The molecule has 2 aromatic heterocycles. The minimum absolute atomic E-state index is 0.0744. The monoisotopic (exact) mass is 346 g/mol. The van der Waals surface area contributed by atoms with Gasteiger partial charge in [-0.2, -0.15) is 0 Å². The lowest BCUT2D eigenvalue weighted by Gasteiger charge is -2.05. The molecule has 0 saturated carbocycles. The minimum atomic E-state index is -1.08. The van der Waals surface area contributed by atoms with Crippen molar-refractivity contribution < 1.29 is 19.1 Å². The van der Waals surface area contributed by atoms with Crippen LogP contribution in [0.15, 0.2) is 44.9 Å². The van der Waals surface area contributed by atoms with Crippen LogP contribution >= 0.6 is 11.3 Å². The van der Waals surface area contributed by atoms with Crippen LogP contribution in [0.4, 0.5) is 5.00 Å². The Bertz CT molecular complexity index is 953. The number of anilines is 1. The normalized spacial score (nSPS) is 10.8. The van der Waals surface area contributed by atoms with Gasteiger partial charge in [0.2, 0.25) is 5.91 Å². The van der Waals surface area contributed by atoms with E-state index in [-0.39, 0.29) is 17.9 Å². The number of fused-ring (bicyclic) bond motifs is 1. The average molecular weight is 346 g/mol. The summed E-state index contributed by atoms with van der Waals surface area (Å²) in [6.07, 6.45) is 0.603. The van der Waals surface area contributed by atoms with Gasteiger partial charge in [0, 0.05) is 13.0 Å². The van der Waals surface area contributed by atoms with E-state index in [1.165, 1.54) is 10.6 Å². The summed E-state index contributed by atoms with van der Waals surface area (Å²) in [6.45, 7) is 0.347. The van der Waals surface area contributed by atoms with E-state index in [0.717, 1.165) is 11.3 Å². The number of hydrogen-bond donors (Lipinski definition) is 2. The van der Waals surface area contributed by atoms with Crippen LogP contribution in [0.2, 0.25) is 0 Å². The second-order valence-corrected chi connectivity index (χ2v) is 6.02. The maximum absolute atomic E-state index is 12.0. The molecule has 3 rings (SSSR count). The number of aromatic carboxylic acids is 1. The summed E-state index contributed by atoms with van der Waals surface area (Å²) in [5.41, 5.74) is 1.27. The van der Waals surface area contributed by atoms with Gasteiger partial charge in [-0.15, -0.1) is 11.3 Å². The van der Waals surface area contributed by atoms with E-state index in [2.05, 4.69) is 5.32 Å². The molecule has 0 aliphatic rings. The first-order valence-corrected chi connectivity index (χ1v) is 8.13. The van der Waals surface area contributed by atoms with Crippen LogP contribution in [0, 0.1) is 0 Å².